The predicted octanol–water partition coefficient (Wildman–Crippen LogP) is 3.30. The topological polar surface area (TPSA) is 50.4 Å². The Balaban J connectivity index is 2.05. The Morgan fingerprint density at radius 3 is 2.64 bits per heavy atom. The van der Waals surface area contributed by atoms with Gasteiger partial charge in [-0.25, -0.2) is 0 Å². The van der Waals surface area contributed by atoms with Gasteiger partial charge in [0.15, 0.2) is 5.54 Å². The third kappa shape index (κ3) is 2.16. The van der Waals surface area contributed by atoms with Crippen molar-refractivity contribution < 1.29 is 9.53 Å². The molecule has 22 heavy (non-hydrogen) atoms. The lowest BCUT2D eigenvalue weighted by Gasteiger charge is -2.26. The Hall–Kier alpha value is -2.97. The molecule has 4 heteroatoms. The maximum Gasteiger partial charge on any atom is 0.259 e. The van der Waals surface area contributed by atoms with Gasteiger partial charge in [0.25, 0.3) is 5.91 Å². The first-order valence-corrected chi connectivity index (χ1v) is 6.90. The monoisotopic (exact) mass is 292 g/mol. The SMILES string of the molecule is C=C=CC1(Nc2ccc(OC)cc2)C(=O)Nc2ccccc21. The lowest BCUT2D eigenvalue weighted by atomic mass is 9.90. The second-order valence-corrected chi connectivity index (χ2v) is 5.01. The zero-order valence-corrected chi connectivity index (χ0v) is 12.2. The lowest BCUT2D eigenvalue weighted by molar-refractivity contribution is -0.118. The van der Waals surface area contributed by atoms with E-state index in [0.717, 1.165) is 22.7 Å². The Labute approximate surface area is 129 Å². The molecule has 1 unspecified atom stereocenters. The van der Waals surface area contributed by atoms with Crippen molar-refractivity contribution in [2.75, 3.05) is 17.7 Å². The number of para-hydroxylation sites is 1. The van der Waals surface area contributed by atoms with Gasteiger partial charge < -0.3 is 15.4 Å². The molecule has 0 spiro atoms. The highest BCUT2D eigenvalue weighted by Crippen LogP contribution is 2.39. The van der Waals surface area contributed by atoms with Gasteiger partial charge in [0.1, 0.15) is 5.75 Å². The number of anilines is 2. The summed E-state index contributed by atoms with van der Waals surface area (Å²) in [5.74, 6) is 0.607. The van der Waals surface area contributed by atoms with Crippen molar-refractivity contribution in [3.05, 3.63) is 72.5 Å². The number of nitrogens with one attached hydrogen (secondary N) is 2. The summed E-state index contributed by atoms with van der Waals surface area (Å²) in [5, 5.41) is 6.18. The van der Waals surface area contributed by atoms with Crippen LogP contribution in [0.15, 0.2) is 66.9 Å². The molecular formula is C18H16N2O2. The summed E-state index contributed by atoms with van der Waals surface area (Å²) < 4.78 is 5.15. The minimum absolute atomic E-state index is 0.152. The van der Waals surface area contributed by atoms with Crippen molar-refractivity contribution in [3.63, 3.8) is 0 Å². The van der Waals surface area contributed by atoms with Gasteiger partial charge >= 0.3 is 0 Å². The molecule has 3 rings (SSSR count). The number of carbonyl (C=O) groups is 1. The van der Waals surface area contributed by atoms with Crippen LogP contribution >= 0.6 is 0 Å². The number of methoxy groups -OCH3 is 1. The molecule has 110 valence electrons. The maximum atomic E-state index is 12.6. The first kappa shape index (κ1) is 14.0. The number of hydrogen-bond donors (Lipinski definition) is 2. The van der Waals surface area contributed by atoms with Crippen LogP contribution in [-0.4, -0.2) is 13.0 Å². The standard InChI is InChI=1S/C18H16N2O2/c1-3-12-18(20-13-8-10-14(22-2)11-9-13)15-6-4-5-7-16(15)19-17(18)21/h4-12,20H,1H2,2H3,(H,19,21). The molecule has 2 N–H and O–H groups in total. The first-order valence-electron chi connectivity index (χ1n) is 6.90. The molecule has 1 aliphatic heterocycles. The van der Waals surface area contributed by atoms with Gasteiger partial charge in [0, 0.05) is 16.9 Å². The van der Waals surface area contributed by atoms with Crippen molar-refractivity contribution in [3.8, 4) is 5.75 Å². The van der Waals surface area contributed by atoms with Crippen LogP contribution in [0.25, 0.3) is 0 Å². The fourth-order valence-electron chi connectivity index (χ4n) is 2.64. The van der Waals surface area contributed by atoms with Crippen LogP contribution in [0.4, 0.5) is 11.4 Å². The number of ether oxygens (including phenoxy) is 1. The van der Waals surface area contributed by atoms with Crippen molar-refractivity contribution in [1.29, 1.82) is 0 Å². The van der Waals surface area contributed by atoms with Crippen LogP contribution in [0, 0.1) is 0 Å². The van der Waals surface area contributed by atoms with Crippen molar-refractivity contribution >= 4 is 17.3 Å². The van der Waals surface area contributed by atoms with Crippen LogP contribution in [0.2, 0.25) is 0 Å². The highest BCUT2D eigenvalue weighted by atomic mass is 16.5. The second kappa shape index (κ2) is 5.43. The highest BCUT2D eigenvalue weighted by Gasteiger charge is 2.45. The van der Waals surface area contributed by atoms with E-state index in [0.29, 0.717) is 0 Å². The smallest absolute Gasteiger partial charge is 0.259 e. The molecule has 1 aliphatic rings. The normalized spacial score (nSPS) is 18.9. The van der Waals surface area contributed by atoms with Crippen molar-refractivity contribution in [2.24, 2.45) is 0 Å². The fourth-order valence-corrected chi connectivity index (χ4v) is 2.64. The zero-order chi connectivity index (χ0) is 15.6. The van der Waals surface area contributed by atoms with Gasteiger partial charge in [0.2, 0.25) is 0 Å². The maximum absolute atomic E-state index is 12.6. The van der Waals surface area contributed by atoms with E-state index in [1.165, 1.54) is 0 Å². The molecule has 4 nitrogen and oxygen atoms in total. The van der Waals surface area contributed by atoms with Crippen LogP contribution in [0.5, 0.6) is 5.75 Å². The second-order valence-electron chi connectivity index (χ2n) is 5.01. The van der Waals surface area contributed by atoms with Crippen LogP contribution in [-0.2, 0) is 10.3 Å². The number of amides is 1. The molecule has 0 fully saturated rings. The predicted molar refractivity (Wildman–Crippen MR) is 87.1 cm³/mol. The fraction of sp³-hybridized carbons (Fsp3) is 0.111. The van der Waals surface area contributed by atoms with Crippen LogP contribution < -0.4 is 15.4 Å². The van der Waals surface area contributed by atoms with Crippen molar-refractivity contribution in [2.45, 2.75) is 5.54 Å². The van der Waals surface area contributed by atoms with Crippen LogP contribution in [0.1, 0.15) is 5.56 Å². The minimum atomic E-state index is -1.01. The summed E-state index contributed by atoms with van der Waals surface area (Å²) >= 11 is 0. The van der Waals surface area contributed by atoms with E-state index in [9.17, 15) is 4.79 Å². The number of rotatable bonds is 4. The highest BCUT2D eigenvalue weighted by molar-refractivity contribution is 6.09. The van der Waals surface area contributed by atoms with Gasteiger partial charge in [-0.15, -0.1) is 5.73 Å². The summed E-state index contributed by atoms with van der Waals surface area (Å²) in [6, 6.07) is 15.0. The van der Waals surface area contributed by atoms with E-state index >= 15 is 0 Å². The minimum Gasteiger partial charge on any atom is -0.497 e. The Morgan fingerprint density at radius 1 is 1.23 bits per heavy atom. The van der Waals surface area contributed by atoms with E-state index in [2.05, 4.69) is 22.9 Å². The third-order valence-corrected chi connectivity index (χ3v) is 3.71. The molecule has 0 bridgehead atoms. The summed E-state index contributed by atoms with van der Waals surface area (Å²) in [5.41, 5.74) is 4.18. The average Bonchev–Trinajstić information content (AvgIpc) is 2.81. The number of fused-ring (bicyclic) bond motifs is 1. The third-order valence-electron chi connectivity index (χ3n) is 3.71. The summed E-state index contributed by atoms with van der Waals surface area (Å²) in [6.45, 7) is 3.63. The van der Waals surface area contributed by atoms with E-state index in [4.69, 9.17) is 4.74 Å². The first-order chi connectivity index (χ1) is 10.7. The Morgan fingerprint density at radius 2 is 1.95 bits per heavy atom. The van der Waals surface area contributed by atoms with E-state index in [1.54, 1.807) is 13.2 Å². The van der Waals surface area contributed by atoms with Gasteiger partial charge in [-0.2, -0.15) is 0 Å². The largest absolute Gasteiger partial charge is 0.497 e. The molecule has 0 saturated carbocycles. The molecule has 1 heterocycles. The number of hydrogen-bond acceptors (Lipinski definition) is 3. The van der Waals surface area contributed by atoms with Gasteiger partial charge in [-0.3, -0.25) is 4.79 Å². The van der Waals surface area contributed by atoms with Gasteiger partial charge in [0.05, 0.1) is 7.11 Å². The number of benzene rings is 2. The van der Waals surface area contributed by atoms with E-state index < -0.39 is 5.54 Å². The lowest BCUT2D eigenvalue weighted by Crippen LogP contribution is -2.40. The summed E-state index contributed by atoms with van der Waals surface area (Å²) in [7, 11) is 1.62. The molecule has 0 aliphatic carbocycles. The molecule has 0 aromatic heterocycles. The number of carbonyl (C=O) groups excluding carboxylic acids is 1. The molecule has 0 radical (unpaired) electrons. The molecule has 2 aromatic carbocycles. The molecule has 2 aromatic rings. The molecule has 0 saturated heterocycles. The summed E-state index contributed by atoms with van der Waals surface area (Å²) in [4.78, 5) is 12.6. The van der Waals surface area contributed by atoms with Crippen molar-refractivity contribution in [1.82, 2.24) is 0 Å². The van der Waals surface area contributed by atoms with Gasteiger partial charge in [-0.1, -0.05) is 24.8 Å². The van der Waals surface area contributed by atoms with E-state index in [1.807, 2.05) is 48.5 Å². The van der Waals surface area contributed by atoms with E-state index in [-0.39, 0.29) is 5.91 Å². The Bertz CT molecular complexity index is 761. The summed E-state index contributed by atoms with van der Waals surface area (Å²) in [6.07, 6.45) is 1.65. The molecule has 1 atom stereocenters. The van der Waals surface area contributed by atoms with Gasteiger partial charge in [-0.05, 0) is 36.4 Å². The quantitative estimate of drug-likeness (QED) is 0.850. The van der Waals surface area contributed by atoms with Crippen LogP contribution in [0.3, 0.4) is 0 Å². The average molecular weight is 292 g/mol. The molecule has 1 amide bonds. The Kier molecular flexibility index (Phi) is 3.45. The molecular weight excluding hydrogens is 276 g/mol. The zero-order valence-electron chi connectivity index (χ0n) is 12.2.